The van der Waals surface area contributed by atoms with E-state index in [9.17, 15) is 42.9 Å². The van der Waals surface area contributed by atoms with E-state index in [-0.39, 0.29) is 44.8 Å². The summed E-state index contributed by atoms with van der Waals surface area (Å²) in [6.45, 7) is 1.12. The van der Waals surface area contributed by atoms with Crippen LogP contribution >= 0.6 is 23.8 Å². The molecule has 3 heterocycles. The third kappa shape index (κ3) is 8.43. The molecule has 0 saturated heterocycles. The molecule has 18 heteroatoms. The Balaban J connectivity index is 0.812. The number of aromatic nitrogens is 2. The highest BCUT2D eigenvalue weighted by atomic mass is 35.5. The van der Waals surface area contributed by atoms with E-state index in [4.69, 9.17) is 33.3 Å². The Morgan fingerprint density at radius 3 is 2.12 bits per heavy atom. The second kappa shape index (κ2) is 17.6. The number of nitrogens with zero attached hydrogens (tertiary/aromatic N) is 2. The van der Waals surface area contributed by atoms with Crippen molar-refractivity contribution in [2.75, 3.05) is 23.7 Å². The molecular formula is C49H37ClF3N5O8S. The second-order valence-corrected chi connectivity index (χ2v) is 16.7. The Morgan fingerprint density at radius 1 is 0.791 bits per heavy atom. The summed E-state index contributed by atoms with van der Waals surface area (Å²) in [6, 6.07) is 28.3. The van der Waals surface area contributed by atoms with Crippen molar-refractivity contribution in [3.05, 3.63) is 159 Å². The zero-order chi connectivity index (χ0) is 47.2. The number of hydrogen-bond acceptors (Lipinski definition) is 10. The molecule has 0 unspecified atom stereocenters. The molecule has 1 spiro atoms. The van der Waals surface area contributed by atoms with Crippen molar-refractivity contribution in [1.29, 1.82) is 0 Å². The monoisotopic (exact) mass is 947 g/mol. The fourth-order valence-corrected chi connectivity index (χ4v) is 8.92. The minimum Gasteiger partial charge on any atom is -0.508 e. The summed E-state index contributed by atoms with van der Waals surface area (Å²) in [4.78, 5) is 38.9. The first-order valence-corrected chi connectivity index (χ1v) is 21.7. The number of carboxylic acid groups (broad SMARTS) is 1. The highest BCUT2D eigenvalue weighted by Gasteiger charge is 2.53. The van der Waals surface area contributed by atoms with Crippen LogP contribution in [-0.4, -0.2) is 61.1 Å². The number of benzene rings is 6. The van der Waals surface area contributed by atoms with Crippen LogP contribution in [0.4, 0.5) is 24.5 Å². The summed E-state index contributed by atoms with van der Waals surface area (Å²) in [6.07, 6.45) is -1.61. The molecule has 0 bridgehead atoms. The third-order valence-electron chi connectivity index (χ3n) is 11.6. The van der Waals surface area contributed by atoms with Gasteiger partial charge in [0, 0.05) is 64.2 Å². The van der Waals surface area contributed by atoms with Crippen LogP contribution < -0.4 is 20.7 Å². The fraction of sp³-hybridized carbons (Fsp3) is 0.163. The number of hydrogen-bond donors (Lipinski definition) is 6. The average molecular weight is 948 g/mol. The number of ether oxygens (including phenoxy) is 2. The standard InChI is InChI=1S/C49H37ClF3N5O8S/c50-38-7-5-6-37(49(51,52)53)42(38)44(61)58-39-23-28(12-16-32(39)43(57-58)26-8-10-27(11-9-26)45(62)63)54-20-3-1-2-4-21-55-47(67)56-29-13-17-34-33(22-29)46(64)66-48(34)35-18-14-30(59)24-40(35)65-41-25-31(60)15-19-36(41)48/h5-19,22-25,54,59-60H,1-4,20-21H2,(H,62,63)(H2,55,56,67). The fourth-order valence-electron chi connectivity index (χ4n) is 8.44. The van der Waals surface area contributed by atoms with Crippen LogP contribution in [0.2, 0.25) is 5.02 Å². The molecule has 0 aliphatic carbocycles. The summed E-state index contributed by atoms with van der Waals surface area (Å²) in [7, 11) is 0. The SMILES string of the molecule is O=C(O)c1ccc(-c2nn(C(=O)c3c(Cl)cccc3C(F)(F)F)c3cc(NCCCCCCNC(=S)Nc4ccc5c(c4)C(=O)OC54c5ccc(O)cc5Oc5cc(O)ccc54)ccc23)cc1. The lowest BCUT2D eigenvalue weighted by Gasteiger charge is -2.36. The van der Waals surface area contributed by atoms with E-state index in [1.54, 1.807) is 48.5 Å². The number of halogens is 4. The van der Waals surface area contributed by atoms with Crippen LogP contribution in [0.15, 0.2) is 115 Å². The number of carbonyl (C=O) groups excluding carboxylic acids is 2. The van der Waals surface area contributed by atoms with Crippen molar-refractivity contribution in [2.24, 2.45) is 0 Å². The van der Waals surface area contributed by atoms with Gasteiger partial charge in [0.2, 0.25) is 0 Å². The van der Waals surface area contributed by atoms with Gasteiger partial charge in [0.05, 0.1) is 32.8 Å². The summed E-state index contributed by atoms with van der Waals surface area (Å²) < 4.78 is 55.3. The van der Waals surface area contributed by atoms with Crippen molar-refractivity contribution < 1.29 is 52.3 Å². The van der Waals surface area contributed by atoms with E-state index in [1.807, 2.05) is 0 Å². The van der Waals surface area contributed by atoms with Crippen LogP contribution in [-0.2, 0) is 16.5 Å². The number of thiocarbonyl (C=S) groups is 1. The number of anilines is 2. The largest absolute Gasteiger partial charge is 0.508 e. The number of carboxylic acids is 1. The molecule has 7 aromatic rings. The van der Waals surface area contributed by atoms with Crippen molar-refractivity contribution in [3.63, 3.8) is 0 Å². The normalized spacial score (nSPS) is 13.3. The van der Waals surface area contributed by atoms with Crippen molar-refractivity contribution >= 4 is 69.1 Å². The van der Waals surface area contributed by atoms with Gasteiger partial charge < -0.3 is 40.7 Å². The number of aromatic carboxylic acids is 1. The van der Waals surface area contributed by atoms with Gasteiger partial charge in [-0.25, -0.2) is 9.59 Å². The molecule has 340 valence electrons. The highest BCUT2D eigenvalue weighted by Crippen LogP contribution is 2.57. The summed E-state index contributed by atoms with van der Waals surface area (Å²) in [5.41, 5.74) is 0.706. The van der Waals surface area contributed by atoms with E-state index in [2.05, 4.69) is 21.0 Å². The lowest BCUT2D eigenvalue weighted by Crippen LogP contribution is -2.33. The van der Waals surface area contributed by atoms with Gasteiger partial charge in [-0.1, -0.05) is 48.7 Å². The molecule has 9 rings (SSSR count). The maximum absolute atomic E-state index is 14.1. The number of rotatable bonds is 12. The predicted molar refractivity (Wildman–Crippen MR) is 248 cm³/mol. The van der Waals surface area contributed by atoms with E-state index in [0.717, 1.165) is 42.5 Å². The Hall–Kier alpha value is -7.63. The average Bonchev–Trinajstić information content (AvgIpc) is 3.81. The molecule has 6 aromatic carbocycles. The molecule has 1 aromatic heterocycles. The van der Waals surface area contributed by atoms with Gasteiger partial charge in [0.15, 0.2) is 10.7 Å². The van der Waals surface area contributed by atoms with Crippen LogP contribution in [0.5, 0.6) is 23.0 Å². The molecule has 2 aliphatic rings. The Labute approximate surface area is 389 Å². The van der Waals surface area contributed by atoms with Crippen LogP contribution in [0.3, 0.4) is 0 Å². The first-order valence-electron chi connectivity index (χ1n) is 20.9. The highest BCUT2D eigenvalue weighted by molar-refractivity contribution is 7.80. The second-order valence-electron chi connectivity index (χ2n) is 15.9. The molecule has 0 saturated carbocycles. The maximum atomic E-state index is 14.1. The molecule has 0 atom stereocenters. The van der Waals surface area contributed by atoms with Crippen LogP contribution in [0.25, 0.3) is 22.2 Å². The number of alkyl halides is 3. The molecule has 67 heavy (non-hydrogen) atoms. The summed E-state index contributed by atoms with van der Waals surface area (Å²) in [5, 5.41) is 44.3. The van der Waals surface area contributed by atoms with E-state index in [1.165, 1.54) is 54.6 Å². The van der Waals surface area contributed by atoms with E-state index in [0.29, 0.717) is 62.8 Å². The molecule has 6 N–H and O–H groups in total. The molecule has 0 radical (unpaired) electrons. The Bertz CT molecular complexity index is 3110. The molecule has 13 nitrogen and oxygen atoms in total. The predicted octanol–water partition coefficient (Wildman–Crippen LogP) is 10.7. The first-order chi connectivity index (χ1) is 32.1. The number of fused-ring (bicyclic) bond motifs is 7. The van der Waals surface area contributed by atoms with Crippen LogP contribution in [0, 0.1) is 0 Å². The number of phenols is 2. The topological polar surface area (TPSA) is 184 Å². The number of esters is 1. The number of unbranched alkanes of at least 4 members (excludes halogenated alkanes) is 3. The minimum atomic E-state index is -4.87. The molecule has 0 fully saturated rings. The smallest absolute Gasteiger partial charge is 0.417 e. The van der Waals surface area contributed by atoms with Gasteiger partial charge >= 0.3 is 18.1 Å². The third-order valence-corrected chi connectivity index (χ3v) is 12.1. The lowest BCUT2D eigenvalue weighted by atomic mass is 9.77. The van der Waals surface area contributed by atoms with E-state index >= 15 is 0 Å². The van der Waals surface area contributed by atoms with Gasteiger partial charge in [0.25, 0.3) is 5.91 Å². The van der Waals surface area contributed by atoms with Crippen molar-refractivity contribution in [2.45, 2.75) is 37.5 Å². The van der Waals surface area contributed by atoms with Gasteiger partial charge in [-0.15, -0.1) is 0 Å². The molecular weight excluding hydrogens is 911 g/mol. The lowest BCUT2D eigenvalue weighted by molar-refractivity contribution is -0.137. The zero-order valence-corrected chi connectivity index (χ0v) is 36.5. The molecule has 0 amide bonds. The number of phenolic OH excluding ortho intramolecular Hbond substituents is 2. The number of carbonyl (C=O) groups is 3. The van der Waals surface area contributed by atoms with Crippen LogP contribution in [0.1, 0.15) is 79.0 Å². The van der Waals surface area contributed by atoms with Gasteiger partial charge in [-0.05, 0) is 104 Å². The van der Waals surface area contributed by atoms with Gasteiger partial charge in [-0.3, -0.25) is 4.79 Å². The zero-order valence-electron chi connectivity index (χ0n) is 34.9. The van der Waals surface area contributed by atoms with Gasteiger partial charge in [-0.2, -0.15) is 23.0 Å². The van der Waals surface area contributed by atoms with Gasteiger partial charge in [0.1, 0.15) is 28.7 Å². The van der Waals surface area contributed by atoms with Crippen molar-refractivity contribution in [3.8, 4) is 34.3 Å². The van der Waals surface area contributed by atoms with Crippen molar-refractivity contribution in [1.82, 2.24) is 15.1 Å². The number of nitrogens with one attached hydrogen (secondary N) is 3. The Morgan fingerprint density at radius 2 is 1.45 bits per heavy atom. The minimum absolute atomic E-state index is 0.0256. The first kappa shape index (κ1) is 44.6. The summed E-state index contributed by atoms with van der Waals surface area (Å²) >= 11 is 11.8. The quantitative estimate of drug-likeness (QED) is 0.0387. The summed E-state index contributed by atoms with van der Waals surface area (Å²) in [5.74, 6) is -2.30. The van der Waals surface area contributed by atoms with E-state index < -0.39 is 40.8 Å². The molecule has 2 aliphatic heterocycles. The maximum Gasteiger partial charge on any atom is 0.417 e. The number of aromatic hydroxyl groups is 2. The Kier molecular flexibility index (Phi) is 11.7.